The normalized spacial score (nSPS) is 10.8. The van der Waals surface area contributed by atoms with E-state index in [0.29, 0.717) is 32.2 Å². The van der Waals surface area contributed by atoms with E-state index in [9.17, 15) is 4.79 Å². The number of hydrogen-bond donors (Lipinski definition) is 0. The van der Waals surface area contributed by atoms with E-state index < -0.39 is 0 Å². The van der Waals surface area contributed by atoms with Gasteiger partial charge in [-0.25, -0.2) is 0 Å². The largest absolute Gasteiger partial charge is 0.360 e. The number of rotatable bonds is 3. The molecule has 0 fully saturated rings. The quantitative estimate of drug-likeness (QED) is 0.528. The zero-order valence-corrected chi connectivity index (χ0v) is 14.2. The minimum Gasteiger partial charge on any atom is -0.360 e. The van der Waals surface area contributed by atoms with Crippen molar-refractivity contribution in [2.45, 2.75) is 6.54 Å². The molecule has 0 bridgehead atoms. The molecule has 1 heterocycles. The fourth-order valence-corrected chi connectivity index (χ4v) is 4.90. The lowest BCUT2D eigenvalue weighted by Crippen LogP contribution is -2.16. The summed E-state index contributed by atoms with van der Waals surface area (Å²) in [4.78, 5) is 13.2. The predicted molar refractivity (Wildman–Crippen MR) is 87.1 cm³/mol. The first-order valence-electron chi connectivity index (χ1n) is 5.04. The monoisotopic (exact) mass is 373 g/mol. The van der Waals surface area contributed by atoms with E-state index in [0.717, 1.165) is 10.3 Å². The highest BCUT2D eigenvalue weighted by atomic mass is 35.5. The van der Waals surface area contributed by atoms with Crippen molar-refractivity contribution in [3.63, 3.8) is 0 Å². The summed E-state index contributed by atoms with van der Waals surface area (Å²) in [6, 6.07) is 3.34. The molecule has 0 radical (unpaired) electrons. The van der Waals surface area contributed by atoms with Crippen molar-refractivity contribution in [1.29, 1.82) is 0 Å². The highest BCUT2D eigenvalue weighted by Crippen LogP contribution is 2.36. The van der Waals surface area contributed by atoms with Crippen molar-refractivity contribution < 1.29 is 0 Å². The maximum absolute atomic E-state index is 11.4. The maximum atomic E-state index is 11.4. The van der Waals surface area contributed by atoms with Crippen LogP contribution in [0, 0.1) is 0 Å². The molecule has 2 aromatic rings. The summed E-state index contributed by atoms with van der Waals surface area (Å²) in [7, 11) is 4.24. The maximum Gasteiger partial charge on any atom is 0.263 e. The van der Waals surface area contributed by atoms with Crippen molar-refractivity contribution in [2.75, 3.05) is 11.9 Å². The van der Waals surface area contributed by atoms with Gasteiger partial charge in [0, 0.05) is 24.2 Å². The highest BCUT2D eigenvalue weighted by molar-refractivity contribution is 7.70. The Morgan fingerprint density at radius 2 is 1.68 bits per heavy atom. The average molecular weight is 375 g/mol. The summed E-state index contributed by atoms with van der Waals surface area (Å²) in [6.45, 7) is 0.421. The first-order valence-corrected chi connectivity index (χ1v) is 8.70. The second-order valence-corrected chi connectivity index (χ2v) is 7.41. The average Bonchev–Trinajstić information content (AvgIpc) is 2.70. The number of nitrogens with zero attached hydrogens (tertiary/aromatic N) is 1. The third-order valence-corrected chi connectivity index (χ3v) is 6.51. The van der Waals surface area contributed by atoms with Gasteiger partial charge in [0.2, 0.25) is 0 Å². The molecule has 102 valence electrons. The third-order valence-electron chi connectivity index (χ3n) is 2.44. The van der Waals surface area contributed by atoms with Gasteiger partial charge in [0.15, 0.2) is 0 Å². The minimum atomic E-state index is -0.142. The van der Waals surface area contributed by atoms with Crippen molar-refractivity contribution in [1.82, 2.24) is 0 Å². The molecule has 19 heavy (non-hydrogen) atoms. The van der Waals surface area contributed by atoms with E-state index in [4.69, 9.17) is 46.4 Å². The molecule has 2 nitrogen and oxygen atoms in total. The van der Waals surface area contributed by atoms with Crippen LogP contribution in [0.25, 0.3) is 0 Å². The van der Waals surface area contributed by atoms with Gasteiger partial charge in [-0.3, -0.25) is 4.79 Å². The second-order valence-electron chi connectivity index (χ2n) is 3.75. The Labute approximate surface area is 137 Å². The smallest absolute Gasteiger partial charge is 0.263 e. The number of anilines is 1. The van der Waals surface area contributed by atoms with Crippen LogP contribution in [0.3, 0.4) is 0 Å². The minimum absolute atomic E-state index is 0.142. The Balaban J connectivity index is 2.34. The lowest BCUT2D eigenvalue weighted by Gasteiger charge is -2.19. The fraction of sp³-hybridized carbons (Fsp3) is 0.182. The van der Waals surface area contributed by atoms with Crippen LogP contribution in [0.15, 0.2) is 16.9 Å². The summed E-state index contributed by atoms with van der Waals surface area (Å²) in [5.74, 6) is 0. The van der Waals surface area contributed by atoms with Gasteiger partial charge >= 0.3 is 0 Å². The van der Waals surface area contributed by atoms with Crippen LogP contribution < -0.4 is 9.64 Å². The molecule has 1 aromatic carbocycles. The van der Waals surface area contributed by atoms with Crippen LogP contribution in [0.2, 0.25) is 20.1 Å². The number of benzene rings is 1. The van der Waals surface area contributed by atoms with Crippen molar-refractivity contribution in [3.8, 4) is 0 Å². The standard InChI is InChI=1S/C11H7Cl4NOS2/c1-16(10-9(15)11(17)19-18-10)4-5-6(12)2-3-7(13)8(5)14/h2-3H,4H2,1H3. The molecule has 0 aliphatic heterocycles. The summed E-state index contributed by atoms with van der Waals surface area (Å²) >= 11 is 24.2. The highest BCUT2D eigenvalue weighted by Gasteiger charge is 2.16. The van der Waals surface area contributed by atoms with Crippen LogP contribution in [0.5, 0.6) is 0 Å². The van der Waals surface area contributed by atoms with Crippen molar-refractivity contribution in [2.24, 2.45) is 0 Å². The molecule has 0 saturated heterocycles. The Morgan fingerprint density at radius 3 is 2.26 bits per heavy atom. The van der Waals surface area contributed by atoms with Gasteiger partial charge in [-0.15, -0.1) is 0 Å². The summed E-state index contributed by atoms with van der Waals surface area (Å²) in [5.41, 5.74) is 0.709. The van der Waals surface area contributed by atoms with E-state index in [2.05, 4.69) is 0 Å². The van der Waals surface area contributed by atoms with Crippen molar-refractivity contribution in [3.05, 3.63) is 47.3 Å². The summed E-state index contributed by atoms with van der Waals surface area (Å²) < 4.78 is -0.142. The second kappa shape index (κ2) is 6.20. The van der Waals surface area contributed by atoms with E-state index in [-0.39, 0.29) is 9.77 Å². The third kappa shape index (κ3) is 3.20. The van der Waals surface area contributed by atoms with E-state index in [1.807, 2.05) is 11.9 Å². The molecule has 0 N–H and O–H groups in total. The Bertz CT molecular complexity index is 667. The van der Waals surface area contributed by atoms with Crippen LogP contribution in [0.4, 0.5) is 5.00 Å². The molecule has 0 atom stereocenters. The lowest BCUT2D eigenvalue weighted by molar-refractivity contribution is 0.935. The first-order chi connectivity index (χ1) is 8.91. The van der Waals surface area contributed by atoms with Crippen LogP contribution in [-0.4, -0.2) is 7.05 Å². The Kier molecular flexibility index (Phi) is 5.04. The Hall–Kier alpha value is 0.0300. The molecule has 0 unspecified atom stereocenters. The topological polar surface area (TPSA) is 20.3 Å². The van der Waals surface area contributed by atoms with Crippen LogP contribution in [-0.2, 0) is 6.54 Å². The molecule has 0 amide bonds. The van der Waals surface area contributed by atoms with Gasteiger partial charge in [-0.2, -0.15) is 0 Å². The molecule has 2 rings (SSSR count). The molecular formula is C11H7Cl4NOS2. The van der Waals surface area contributed by atoms with Gasteiger partial charge in [0.05, 0.1) is 10.0 Å². The molecule has 0 spiro atoms. The van der Waals surface area contributed by atoms with E-state index >= 15 is 0 Å². The molecular weight excluding hydrogens is 368 g/mol. The predicted octanol–water partition coefficient (Wildman–Crippen LogP) is 5.42. The number of halogens is 4. The lowest BCUT2D eigenvalue weighted by atomic mass is 10.2. The van der Waals surface area contributed by atoms with Gasteiger partial charge in [-0.1, -0.05) is 56.7 Å². The summed E-state index contributed by atoms with van der Waals surface area (Å²) in [6.07, 6.45) is 0. The van der Waals surface area contributed by atoms with E-state index in [1.165, 1.54) is 10.3 Å². The zero-order chi connectivity index (χ0) is 14.2. The summed E-state index contributed by atoms with van der Waals surface area (Å²) in [5, 5.41) is 2.31. The molecule has 0 aliphatic carbocycles. The van der Waals surface area contributed by atoms with Crippen LogP contribution >= 0.6 is 67.1 Å². The van der Waals surface area contributed by atoms with Gasteiger partial charge in [-0.05, 0) is 22.5 Å². The fourth-order valence-electron chi connectivity index (χ4n) is 1.49. The first kappa shape index (κ1) is 15.4. The molecule has 0 aliphatic rings. The van der Waals surface area contributed by atoms with Crippen LogP contribution in [0.1, 0.15) is 5.56 Å². The SMILES string of the molecule is CN(Cc1c(Cl)ccc(Cl)c1Cl)c1ssc(=O)c1Cl. The molecule has 1 aromatic heterocycles. The van der Waals surface area contributed by atoms with Gasteiger partial charge in [0.25, 0.3) is 4.74 Å². The molecule has 0 saturated carbocycles. The zero-order valence-electron chi connectivity index (χ0n) is 9.55. The van der Waals surface area contributed by atoms with Gasteiger partial charge < -0.3 is 4.90 Å². The van der Waals surface area contributed by atoms with Crippen molar-refractivity contribution >= 4 is 72.1 Å². The van der Waals surface area contributed by atoms with E-state index in [1.54, 1.807) is 12.1 Å². The molecule has 8 heteroatoms. The number of hydrogen-bond acceptors (Lipinski definition) is 4. The Morgan fingerprint density at radius 1 is 1.05 bits per heavy atom. The van der Waals surface area contributed by atoms with Gasteiger partial charge in [0.1, 0.15) is 10.0 Å².